The molecule has 21 heavy (non-hydrogen) atoms. The fourth-order valence-electron chi connectivity index (χ4n) is 2.17. The van der Waals surface area contributed by atoms with E-state index in [9.17, 15) is 9.59 Å². The molecule has 0 saturated carbocycles. The molecule has 7 nitrogen and oxygen atoms in total. The number of carbonyl (C=O) groups excluding carboxylic acids is 1. The highest BCUT2D eigenvalue weighted by atomic mass is 35.5. The Morgan fingerprint density at radius 2 is 2.29 bits per heavy atom. The molecule has 1 fully saturated rings. The van der Waals surface area contributed by atoms with E-state index in [1.165, 1.54) is 6.20 Å². The van der Waals surface area contributed by atoms with Crippen molar-refractivity contribution in [3.63, 3.8) is 0 Å². The standard InChI is InChI=1S/C13H19ClN4O3/c1-13(2,3)21-12(20)16-8-4-5-18(7-8)9-6-15-17-11(19)10(9)14/h6,8H,4-5,7H2,1-3H3,(H,16,20)(H,17,19). The molecule has 1 unspecified atom stereocenters. The van der Waals surface area contributed by atoms with E-state index in [4.69, 9.17) is 16.3 Å². The highest BCUT2D eigenvalue weighted by molar-refractivity contribution is 6.33. The van der Waals surface area contributed by atoms with Crippen LogP contribution in [0.5, 0.6) is 0 Å². The third kappa shape index (κ3) is 4.10. The first-order valence-electron chi connectivity index (χ1n) is 6.74. The van der Waals surface area contributed by atoms with Crippen LogP contribution in [0, 0.1) is 0 Å². The van der Waals surface area contributed by atoms with Gasteiger partial charge in [-0.1, -0.05) is 11.6 Å². The van der Waals surface area contributed by atoms with E-state index in [2.05, 4.69) is 15.5 Å². The number of aromatic nitrogens is 2. The number of alkyl carbamates (subject to hydrolysis) is 1. The van der Waals surface area contributed by atoms with Gasteiger partial charge in [-0.3, -0.25) is 4.79 Å². The summed E-state index contributed by atoms with van der Waals surface area (Å²) in [7, 11) is 0. The number of carbonyl (C=O) groups is 1. The number of nitrogens with zero attached hydrogens (tertiary/aromatic N) is 2. The molecule has 0 aromatic carbocycles. The average molecular weight is 315 g/mol. The number of H-pyrrole nitrogens is 1. The quantitative estimate of drug-likeness (QED) is 0.864. The Bertz CT molecular complexity index is 582. The van der Waals surface area contributed by atoms with Crippen molar-refractivity contribution in [1.29, 1.82) is 0 Å². The van der Waals surface area contributed by atoms with Gasteiger partial charge in [0.1, 0.15) is 10.6 Å². The van der Waals surface area contributed by atoms with Crippen molar-refractivity contribution in [2.75, 3.05) is 18.0 Å². The molecule has 1 amide bonds. The summed E-state index contributed by atoms with van der Waals surface area (Å²) in [5.41, 5.74) is -0.367. The molecule has 1 aliphatic rings. The van der Waals surface area contributed by atoms with Crippen molar-refractivity contribution in [1.82, 2.24) is 15.5 Å². The predicted molar refractivity (Wildman–Crippen MR) is 79.9 cm³/mol. The maximum absolute atomic E-state index is 11.7. The lowest BCUT2D eigenvalue weighted by Crippen LogP contribution is -2.40. The Labute approximate surface area is 127 Å². The molecule has 1 aliphatic heterocycles. The van der Waals surface area contributed by atoms with Crippen molar-refractivity contribution in [3.8, 4) is 0 Å². The number of amides is 1. The van der Waals surface area contributed by atoms with Crippen molar-refractivity contribution in [2.45, 2.75) is 38.8 Å². The van der Waals surface area contributed by atoms with E-state index >= 15 is 0 Å². The minimum absolute atomic E-state index is 0.0461. The molecule has 1 aromatic heterocycles. The summed E-state index contributed by atoms with van der Waals surface area (Å²) < 4.78 is 5.22. The molecule has 1 aromatic rings. The van der Waals surface area contributed by atoms with Gasteiger partial charge in [0, 0.05) is 13.1 Å². The number of nitrogens with one attached hydrogen (secondary N) is 2. The van der Waals surface area contributed by atoms with E-state index in [1.807, 2.05) is 25.7 Å². The number of anilines is 1. The van der Waals surface area contributed by atoms with Crippen LogP contribution in [0.2, 0.25) is 5.02 Å². The van der Waals surface area contributed by atoms with Gasteiger partial charge in [0.25, 0.3) is 5.56 Å². The monoisotopic (exact) mass is 314 g/mol. The van der Waals surface area contributed by atoms with E-state index in [0.717, 1.165) is 6.42 Å². The third-order valence-corrected chi connectivity index (χ3v) is 3.39. The van der Waals surface area contributed by atoms with Gasteiger partial charge in [-0.2, -0.15) is 5.10 Å². The lowest BCUT2D eigenvalue weighted by Gasteiger charge is -2.22. The van der Waals surface area contributed by atoms with Gasteiger partial charge in [0.05, 0.1) is 17.9 Å². The fourth-order valence-corrected chi connectivity index (χ4v) is 2.38. The Hall–Kier alpha value is -1.76. The summed E-state index contributed by atoms with van der Waals surface area (Å²) in [6.45, 7) is 6.69. The highest BCUT2D eigenvalue weighted by Crippen LogP contribution is 2.24. The largest absolute Gasteiger partial charge is 0.444 e. The number of hydrogen-bond donors (Lipinski definition) is 2. The maximum atomic E-state index is 11.7. The normalized spacial score (nSPS) is 18.7. The van der Waals surface area contributed by atoms with Crippen LogP contribution < -0.4 is 15.8 Å². The van der Waals surface area contributed by atoms with Crippen LogP contribution in [0.25, 0.3) is 0 Å². The number of aromatic amines is 1. The average Bonchev–Trinajstić information content (AvgIpc) is 2.78. The molecule has 0 radical (unpaired) electrons. The molecule has 2 rings (SSSR count). The Morgan fingerprint density at radius 1 is 1.57 bits per heavy atom. The van der Waals surface area contributed by atoms with E-state index in [1.54, 1.807) is 0 Å². The van der Waals surface area contributed by atoms with Crippen molar-refractivity contribution in [3.05, 3.63) is 21.6 Å². The van der Waals surface area contributed by atoms with Crippen molar-refractivity contribution in [2.24, 2.45) is 0 Å². The van der Waals surface area contributed by atoms with Gasteiger partial charge in [0.15, 0.2) is 0 Å². The zero-order valence-electron chi connectivity index (χ0n) is 12.3. The first-order chi connectivity index (χ1) is 9.76. The van der Waals surface area contributed by atoms with Gasteiger partial charge in [0.2, 0.25) is 0 Å². The van der Waals surface area contributed by atoms with Crippen LogP contribution in [0.3, 0.4) is 0 Å². The second-order valence-electron chi connectivity index (χ2n) is 5.98. The minimum Gasteiger partial charge on any atom is -0.444 e. The molecule has 0 bridgehead atoms. The third-order valence-electron chi connectivity index (χ3n) is 3.03. The first kappa shape index (κ1) is 15.6. The fraction of sp³-hybridized carbons (Fsp3) is 0.615. The zero-order valence-corrected chi connectivity index (χ0v) is 13.0. The maximum Gasteiger partial charge on any atom is 0.407 e. The highest BCUT2D eigenvalue weighted by Gasteiger charge is 2.27. The molecule has 8 heteroatoms. The van der Waals surface area contributed by atoms with Gasteiger partial charge in [-0.15, -0.1) is 0 Å². The minimum atomic E-state index is -0.525. The summed E-state index contributed by atoms with van der Waals surface area (Å²) in [5, 5.41) is 8.96. The topological polar surface area (TPSA) is 87.3 Å². The molecule has 0 aliphatic carbocycles. The van der Waals surface area contributed by atoms with Crippen LogP contribution in [0.4, 0.5) is 10.5 Å². The van der Waals surface area contributed by atoms with Gasteiger partial charge < -0.3 is 15.0 Å². The van der Waals surface area contributed by atoms with Crippen molar-refractivity contribution < 1.29 is 9.53 Å². The number of ether oxygens (including phenoxy) is 1. The molecule has 2 N–H and O–H groups in total. The number of halogens is 1. The van der Waals surface area contributed by atoms with Crippen LogP contribution >= 0.6 is 11.6 Å². The van der Waals surface area contributed by atoms with Gasteiger partial charge in [-0.25, -0.2) is 9.89 Å². The Morgan fingerprint density at radius 3 is 2.95 bits per heavy atom. The predicted octanol–water partition coefficient (Wildman–Crippen LogP) is 1.53. The van der Waals surface area contributed by atoms with Crippen LogP contribution in [-0.2, 0) is 4.74 Å². The zero-order chi connectivity index (χ0) is 15.6. The summed E-state index contributed by atoms with van der Waals surface area (Å²) in [6, 6.07) is -0.0461. The lowest BCUT2D eigenvalue weighted by atomic mass is 10.2. The molecule has 0 spiro atoms. The van der Waals surface area contributed by atoms with Crippen LogP contribution in [0.1, 0.15) is 27.2 Å². The molecule has 2 heterocycles. The van der Waals surface area contributed by atoms with Crippen LogP contribution in [0.15, 0.2) is 11.0 Å². The Kier molecular flexibility index (Phi) is 4.41. The van der Waals surface area contributed by atoms with Gasteiger partial charge >= 0.3 is 6.09 Å². The second kappa shape index (κ2) is 5.93. The number of rotatable bonds is 2. The number of hydrogen-bond acceptors (Lipinski definition) is 5. The Balaban J connectivity index is 1.96. The summed E-state index contributed by atoms with van der Waals surface area (Å²) in [4.78, 5) is 25.1. The van der Waals surface area contributed by atoms with Crippen LogP contribution in [-0.4, -0.2) is 41.0 Å². The van der Waals surface area contributed by atoms with E-state index < -0.39 is 17.3 Å². The lowest BCUT2D eigenvalue weighted by molar-refractivity contribution is 0.0509. The molecule has 1 atom stereocenters. The molecular weight excluding hydrogens is 296 g/mol. The summed E-state index contributed by atoms with van der Waals surface area (Å²) in [5.74, 6) is 0. The SMILES string of the molecule is CC(C)(C)OC(=O)NC1CCN(c2cn[nH]c(=O)c2Cl)C1. The molecule has 116 valence electrons. The summed E-state index contributed by atoms with van der Waals surface area (Å²) in [6.07, 6.45) is 1.83. The first-order valence-corrected chi connectivity index (χ1v) is 7.12. The van der Waals surface area contributed by atoms with Gasteiger partial charge in [-0.05, 0) is 27.2 Å². The smallest absolute Gasteiger partial charge is 0.407 e. The van der Waals surface area contributed by atoms with Crippen molar-refractivity contribution >= 4 is 23.4 Å². The van der Waals surface area contributed by atoms with E-state index in [-0.39, 0.29) is 11.1 Å². The molecule has 1 saturated heterocycles. The second-order valence-corrected chi connectivity index (χ2v) is 6.35. The summed E-state index contributed by atoms with van der Waals surface area (Å²) >= 11 is 5.98. The molecular formula is C13H19ClN4O3. The van der Waals surface area contributed by atoms with E-state index in [0.29, 0.717) is 18.8 Å².